The Balaban J connectivity index is 0.00000341. The minimum Gasteiger partial charge on any atom is -0.508 e. The van der Waals surface area contributed by atoms with E-state index in [-0.39, 0.29) is 51.8 Å². The molecule has 0 spiro atoms. The lowest BCUT2D eigenvalue weighted by Gasteiger charge is -2.18. The molecule has 0 radical (unpaired) electrons. The maximum atomic E-state index is 12.1. The van der Waals surface area contributed by atoms with Crippen molar-refractivity contribution in [2.75, 3.05) is 19.0 Å². The van der Waals surface area contributed by atoms with Gasteiger partial charge >= 0.3 is 6.01 Å². The number of nitrogens with two attached hydrogens (primary N) is 1. The largest absolute Gasteiger partial charge is 0.508 e. The minimum atomic E-state index is -4.07. The topological polar surface area (TPSA) is 155 Å². The molecule has 0 amide bonds. The van der Waals surface area contributed by atoms with Gasteiger partial charge in [-0.3, -0.25) is 0 Å². The zero-order chi connectivity index (χ0) is 22.4. The lowest BCUT2D eigenvalue weighted by atomic mass is 9.98. The zero-order valence-electron chi connectivity index (χ0n) is 17.3. The lowest BCUT2D eigenvalue weighted by molar-refractivity contribution is 0.420. The lowest BCUT2D eigenvalue weighted by Crippen LogP contribution is -2.19. The fourth-order valence-corrected chi connectivity index (χ4v) is 3.99. The predicted molar refractivity (Wildman–Crippen MR) is 119 cm³/mol. The number of aromatic hydroxyl groups is 3. The molecule has 31 heavy (non-hydrogen) atoms. The highest BCUT2D eigenvalue weighted by Crippen LogP contribution is 2.39. The number of rotatable bonds is 5. The first-order chi connectivity index (χ1) is 13.9. The molecule has 12 heteroatoms. The summed E-state index contributed by atoms with van der Waals surface area (Å²) in [5.41, 5.74) is 1.36. The number of benzene rings is 2. The van der Waals surface area contributed by atoms with Gasteiger partial charge in [0.15, 0.2) is 5.82 Å². The fourth-order valence-electron chi connectivity index (χ4n) is 3.16. The van der Waals surface area contributed by atoms with Gasteiger partial charge in [-0.1, -0.05) is 18.9 Å². The number of phenols is 2. The van der Waals surface area contributed by atoms with E-state index in [1.54, 1.807) is 31.1 Å². The van der Waals surface area contributed by atoms with Crippen LogP contribution in [0.4, 0.5) is 5.69 Å². The molecule has 1 aromatic heterocycles. The summed E-state index contributed by atoms with van der Waals surface area (Å²) in [5, 5.41) is 43.8. The van der Waals surface area contributed by atoms with Crippen LogP contribution < -0.4 is 10.0 Å². The standard InChI is InChI=1S/C19H23N5O5S.ClH/c1-10(2)12-8-13(16(26)9-15(12)25)18-21-22-19(27)24(18)11-5-6-14(23(3)4)17(7-11)30(20,28)29;/h5-10,25-26H,1-4H3,(H,22,27)(H2,20,28,29);1H. The van der Waals surface area contributed by atoms with Crippen molar-refractivity contribution in [2.45, 2.75) is 24.7 Å². The zero-order valence-corrected chi connectivity index (χ0v) is 18.9. The quantitative estimate of drug-likeness (QED) is 0.443. The molecule has 0 unspecified atom stereocenters. The molecular formula is C19H24ClN5O5S. The molecule has 1 heterocycles. The van der Waals surface area contributed by atoms with Crippen molar-refractivity contribution in [3.05, 3.63) is 35.9 Å². The van der Waals surface area contributed by atoms with Crippen molar-refractivity contribution in [3.63, 3.8) is 0 Å². The number of hydrogen-bond acceptors (Lipinski definition) is 8. The van der Waals surface area contributed by atoms with Gasteiger partial charge in [0.1, 0.15) is 16.4 Å². The number of nitrogens with zero attached hydrogens (tertiary/aromatic N) is 4. The van der Waals surface area contributed by atoms with Crippen molar-refractivity contribution in [1.29, 1.82) is 0 Å². The summed E-state index contributed by atoms with van der Waals surface area (Å²) in [6.45, 7) is 3.74. The molecule has 2 aromatic carbocycles. The number of phenolic OH excluding ortho intramolecular Hbond substituents is 2. The first kappa shape index (κ1) is 24.3. The Hall–Kier alpha value is -3.02. The second kappa shape index (κ2) is 8.61. The summed E-state index contributed by atoms with van der Waals surface area (Å²) in [7, 11) is -0.726. The van der Waals surface area contributed by atoms with Gasteiger partial charge in [0.25, 0.3) is 0 Å². The van der Waals surface area contributed by atoms with Gasteiger partial charge in [-0.2, -0.15) is 0 Å². The molecule has 0 saturated carbocycles. The third-order valence-electron chi connectivity index (χ3n) is 4.64. The SMILES string of the molecule is CC(C)c1cc(-c2nnc(O)n2-c2ccc(N(C)C)c(S(N)(=O)=O)c2)c(O)cc1O.Cl. The van der Waals surface area contributed by atoms with Crippen LogP contribution in [0.1, 0.15) is 25.3 Å². The summed E-state index contributed by atoms with van der Waals surface area (Å²) in [5.74, 6) is -0.344. The number of aromatic nitrogens is 3. The van der Waals surface area contributed by atoms with Gasteiger partial charge in [0.05, 0.1) is 16.9 Å². The summed E-state index contributed by atoms with van der Waals surface area (Å²) >= 11 is 0. The van der Waals surface area contributed by atoms with Gasteiger partial charge in [-0.05, 0) is 35.7 Å². The number of halogens is 1. The van der Waals surface area contributed by atoms with Crippen molar-refractivity contribution < 1.29 is 23.7 Å². The van der Waals surface area contributed by atoms with E-state index >= 15 is 0 Å². The number of hydrogen-bond donors (Lipinski definition) is 4. The maximum absolute atomic E-state index is 12.1. The molecule has 5 N–H and O–H groups in total. The van der Waals surface area contributed by atoms with Gasteiger partial charge < -0.3 is 20.2 Å². The molecular weight excluding hydrogens is 446 g/mol. The highest BCUT2D eigenvalue weighted by molar-refractivity contribution is 7.89. The average Bonchev–Trinajstić information content (AvgIpc) is 3.01. The van der Waals surface area contributed by atoms with Gasteiger partial charge in [0, 0.05) is 20.2 Å². The summed E-state index contributed by atoms with van der Waals surface area (Å²) in [6.07, 6.45) is 0. The number of sulfonamides is 1. The van der Waals surface area contributed by atoms with Crippen LogP contribution in [0, 0.1) is 0 Å². The molecule has 0 aliphatic heterocycles. The summed E-state index contributed by atoms with van der Waals surface area (Å²) in [4.78, 5) is 1.44. The van der Waals surface area contributed by atoms with Crippen LogP contribution in [0.25, 0.3) is 17.1 Å². The van der Waals surface area contributed by atoms with Crippen LogP contribution in [-0.2, 0) is 10.0 Å². The molecule has 10 nitrogen and oxygen atoms in total. The number of anilines is 1. The third-order valence-corrected chi connectivity index (χ3v) is 5.58. The molecule has 0 bridgehead atoms. The molecule has 168 valence electrons. The Kier molecular flexibility index (Phi) is 6.74. The van der Waals surface area contributed by atoms with Crippen molar-refractivity contribution in [2.24, 2.45) is 5.14 Å². The summed E-state index contributed by atoms with van der Waals surface area (Å²) < 4.78 is 25.4. The van der Waals surface area contributed by atoms with Crippen LogP contribution in [0.3, 0.4) is 0 Å². The molecule has 0 aliphatic rings. The normalized spacial score (nSPS) is 11.4. The van der Waals surface area contributed by atoms with E-state index in [0.29, 0.717) is 11.3 Å². The Morgan fingerprint density at radius 2 is 1.68 bits per heavy atom. The maximum Gasteiger partial charge on any atom is 0.319 e. The second-order valence-corrected chi connectivity index (χ2v) is 8.86. The van der Waals surface area contributed by atoms with E-state index in [1.807, 2.05) is 13.8 Å². The van der Waals surface area contributed by atoms with E-state index < -0.39 is 16.0 Å². The minimum absolute atomic E-state index is 0. The van der Waals surface area contributed by atoms with Gasteiger partial charge in [-0.25, -0.2) is 18.1 Å². The third kappa shape index (κ3) is 4.53. The van der Waals surface area contributed by atoms with E-state index in [4.69, 9.17) is 5.14 Å². The Bertz CT molecular complexity index is 1220. The van der Waals surface area contributed by atoms with Crippen LogP contribution in [0.5, 0.6) is 17.5 Å². The highest BCUT2D eigenvalue weighted by Gasteiger charge is 2.23. The van der Waals surface area contributed by atoms with Crippen LogP contribution in [0.2, 0.25) is 0 Å². The van der Waals surface area contributed by atoms with Crippen molar-refractivity contribution in [3.8, 4) is 34.6 Å². The van der Waals surface area contributed by atoms with Gasteiger partial charge in [0.2, 0.25) is 10.0 Å². The van der Waals surface area contributed by atoms with Crippen molar-refractivity contribution >= 4 is 28.1 Å². The molecule has 0 atom stereocenters. The summed E-state index contributed by atoms with van der Waals surface area (Å²) in [6, 6.07) is 6.61. The monoisotopic (exact) mass is 469 g/mol. The van der Waals surface area contributed by atoms with Crippen LogP contribution in [0.15, 0.2) is 35.2 Å². The highest BCUT2D eigenvalue weighted by atomic mass is 35.5. The van der Waals surface area contributed by atoms with E-state index in [1.165, 1.54) is 22.8 Å². The fraction of sp³-hybridized carbons (Fsp3) is 0.263. The van der Waals surface area contributed by atoms with E-state index in [9.17, 15) is 23.7 Å². The van der Waals surface area contributed by atoms with E-state index in [0.717, 1.165) is 0 Å². The molecule has 0 fully saturated rings. The average molecular weight is 470 g/mol. The predicted octanol–water partition coefficient (Wildman–Crippen LogP) is 2.31. The molecule has 0 aliphatic carbocycles. The molecule has 0 saturated heterocycles. The Morgan fingerprint density at radius 3 is 2.23 bits per heavy atom. The Morgan fingerprint density at radius 1 is 1.03 bits per heavy atom. The molecule has 3 aromatic rings. The number of primary sulfonamides is 1. The first-order valence-electron chi connectivity index (χ1n) is 8.97. The second-order valence-electron chi connectivity index (χ2n) is 7.33. The Labute approximate surface area is 186 Å². The van der Waals surface area contributed by atoms with Crippen molar-refractivity contribution in [1.82, 2.24) is 14.8 Å². The first-order valence-corrected chi connectivity index (χ1v) is 10.5. The smallest absolute Gasteiger partial charge is 0.319 e. The van der Waals surface area contributed by atoms with Crippen LogP contribution >= 0.6 is 12.4 Å². The van der Waals surface area contributed by atoms with E-state index in [2.05, 4.69) is 10.2 Å². The van der Waals surface area contributed by atoms with Crippen LogP contribution in [-0.4, -0.2) is 52.6 Å². The molecule has 3 rings (SSSR count). The van der Waals surface area contributed by atoms with Gasteiger partial charge in [-0.15, -0.1) is 17.5 Å².